The molecule has 1 aliphatic heterocycles. The fourth-order valence-corrected chi connectivity index (χ4v) is 1.85. The molecule has 0 unspecified atom stereocenters. The number of hydrogen-bond donors (Lipinski definition) is 1. The van der Waals surface area contributed by atoms with Gasteiger partial charge < -0.3 is 5.32 Å². The lowest BCUT2D eigenvalue weighted by molar-refractivity contribution is -0.122. The van der Waals surface area contributed by atoms with Gasteiger partial charge in [0, 0.05) is 31.6 Å². The van der Waals surface area contributed by atoms with Crippen molar-refractivity contribution in [3.63, 3.8) is 0 Å². The molecule has 1 aliphatic carbocycles. The number of carbonyl (C=O) groups excluding carboxylic acids is 1. The summed E-state index contributed by atoms with van der Waals surface area (Å²) in [6.45, 7) is 5.96. The summed E-state index contributed by atoms with van der Waals surface area (Å²) in [6.07, 6.45) is 2.28. The van der Waals surface area contributed by atoms with Gasteiger partial charge >= 0.3 is 0 Å². The van der Waals surface area contributed by atoms with Crippen molar-refractivity contribution in [2.75, 3.05) is 26.2 Å². The number of Topliss-reactive ketones (excluding diaryl/α,β-unsaturated/α-hetero) is 1. The van der Waals surface area contributed by atoms with Gasteiger partial charge in [0.15, 0.2) is 0 Å². The first-order chi connectivity index (χ1) is 6.27. The summed E-state index contributed by atoms with van der Waals surface area (Å²) in [5.41, 5.74) is 0. The Bertz CT molecular complexity index is 201. The van der Waals surface area contributed by atoms with Crippen molar-refractivity contribution in [3.05, 3.63) is 0 Å². The maximum atomic E-state index is 11.6. The Kier molecular flexibility index (Phi) is 2.65. The number of nitrogens with zero attached hydrogens (tertiary/aromatic N) is 1. The Balaban J connectivity index is 1.81. The molecule has 0 amide bonds. The zero-order valence-corrected chi connectivity index (χ0v) is 8.25. The molecule has 1 N–H and O–H groups in total. The van der Waals surface area contributed by atoms with Gasteiger partial charge in [0.1, 0.15) is 5.78 Å². The molecule has 0 aromatic carbocycles. The highest BCUT2D eigenvalue weighted by Crippen LogP contribution is 2.30. The van der Waals surface area contributed by atoms with Crippen molar-refractivity contribution in [1.82, 2.24) is 10.2 Å². The molecule has 74 valence electrons. The van der Waals surface area contributed by atoms with E-state index in [0.717, 1.165) is 32.5 Å². The van der Waals surface area contributed by atoms with Crippen LogP contribution in [0.5, 0.6) is 0 Å². The third-order valence-corrected chi connectivity index (χ3v) is 3.03. The second kappa shape index (κ2) is 3.76. The van der Waals surface area contributed by atoms with Crippen molar-refractivity contribution < 1.29 is 4.79 Å². The second-order valence-electron chi connectivity index (χ2n) is 4.26. The molecule has 1 atom stereocenters. The summed E-state index contributed by atoms with van der Waals surface area (Å²) < 4.78 is 0. The highest BCUT2D eigenvalue weighted by atomic mass is 16.1. The molecule has 0 spiro atoms. The Hall–Kier alpha value is -0.410. The van der Waals surface area contributed by atoms with Gasteiger partial charge in [-0.2, -0.15) is 0 Å². The van der Waals surface area contributed by atoms with Crippen molar-refractivity contribution in [2.24, 2.45) is 5.92 Å². The fraction of sp³-hybridized carbons (Fsp3) is 0.900. The summed E-state index contributed by atoms with van der Waals surface area (Å²) in [7, 11) is 0. The lowest BCUT2D eigenvalue weighted by Crippen LogP contribution is -2.51. The summed E-state index contributed by atoms with van der Waals surface area (Å²) in [5.74, 6) is 0.885. The standard InChI is InChI=1S/C10H18N2O/c1-8-6-11-4-5-12(8)7-10(13)9-2-3-9/h8-9,11H,2-7H2,1H3/t8-/m1/s1. The summed E-state index contributed by atoms with van der Waals surface area (Å²) in [6, 6.07) is 0.524. The van der Waals surface area contributed by atoms with E-state index in [1.165, 1.54) is 0 Å². The highest BCUT2D eigenvalue weighted by molar-refractivity contribution is 5.85. The van der Waals surface area contributed by atoms with E-state index in [9.17, 15) is 4.79 Å². The monoisotopic (exact) mass is 182 g/mol. The first-order valence-electron chi connectivity index (χ1n) is 5.25. The van der Waals surface area contributed by atoms with Crippen LogP contribution >= 0.6 is 0 Å². The lowest BCUT2D eigenvalue weighted by Gasteiger charge is -2.33. The van der Waals surface area contributed by atoms with E-state index in [4.69, 9.17) is 0 Å². The van der Waals surface area contributed by atoms with Crippen LogP contribution < -0.4 is 5.32 Å². The molecule has 1 heterocycles. The third-order valence-electron chi connectivity index (χ3n) is 3.03. The van der Waals surface area contributed by atoms with Gasteiger partial charge in [-0.05, 0) is 19.8 Å². The normalized spacial score (nSPS) is 30.4. The first-order valence-corrected chi connectivity index (χ1v) is 5.25. The summed E-state index contributed by atoms with van der Waals surface area (Å²) >= 11 is 0. The zero-order chi connectivity index (χ0) is 9.26. The van der Waals surface area contributed by atoms with Crippen LogP contribution in [0.15, 0.2) is 0 Å². The van der Waals surface area contributed by atoms with Crippen LogP contribution in [-0.2, 0) is 4.79 Å². The van der Waals surface area contributed by atoms with Gasteiger partial charge in [-0.15, -0.1) is 0 Å². The van der Waals surface area contributed by atoms with Crippen LogP contribution in [0.2, 0.25) is 0 Å². The van der Waals surface area contributed by atoms with Gasteiger partial charge in [-0.3, -0.25) is 9.69 Å². The molecule has 0 bridgehead atoms. The van der Waals surface area contributed by atoms with Gasteiger partial charge in [-0.25, -0.2) is 0 Å². The van der Waals surface area contributed by atoms with Crippen LogP contribution in [0.25, 0.3) is 0 Å². The molecule has 2 fully saturated rings. The minimum atomic E-state index is 0.419. The van der Waals surface area contributed by atoms with Crippen LogP contribution in [0.3, 0.4) is 0 Å². The number of nitrogens with one attached hydrogen (secondary N) is 1. The largest absolute Gasteiger partial charge is 0.314 e. The Labute approximate surface area is 79.5 Å². The van der Waals surface area contributed by atoms with E-state index in [-0.39, 0.29) is 0 Å². The molecule has 2 aliphatic rings. The van der Waals surface area contributed by atoms with E-state index in [1.807, 2.05) is 0 Å². The highest BCUT2D eigenvalue weighted by Gasteiger charge is 2.31. The quantitative estimate of drug-likeness (QED) is 0.679. The zero-order valence-electron chi connectivity index (χ0n) is 8.25. The topological polar surface area (TPSA) is 32.3 Å². The number of ketones is 1. The van der Waals surface area contributed by atoms with Crippen LogP contribution in [-0.4, -0.2) is 42.9 Å². The molecule has 2 rings (SSSR count). The van der Waals surface area contributed by atoms with Gasteiger partial charge in [-0.1, -0.05) is 0 Å². The Morgan fingerprint density at radius 2 is 2.31 bits per heavy atom. The molecule has 1 saturated carbocycles. The van der Waals surface area contributed by atoms with Gasteiger partial charge in [0.25, 0.3) is 0 Å². The lowest BCUT2D eigenvalue weighted by atomic mass is 10.2. The average molecular weight is 182 g/mol. The first kappa shape index (κ1) is 9.16. The van der Waals surface area contributed by atoms with E-state index in [2.05, 4.69) is 17.1 Å². The smallest absolute Gasteiger partial charge is 0.149 e. The summed E-state index contributed by atoms with van der Waals surface area (Å²) in [4.78, 5) is 13.9. The minimum Gasteiger partial charge on any atom is -0.314 e. The van der Waals surface area contributed by atoms with Gasteiger partial charge in [0.05, 0.1) is 6.54 Å². The van der Waals surface area contributed by atoms with Crippen molar-refractivity contribution >= 4 is 5.78 Å². The van der Waals surface area contributed by atoms with Crippen molar-refractivity contribution in [2.45, 2.75) is 25.8 Å². The Morgan fingerprint density at radius 3 is 2.92 bits per heavy atom. The third kappa shape index (κ3) is 2.29. The fourth-order valence-electron chi connectivity index (χ4n) is 1.85. The van der Waals surface area contributed by atoms with Gasteiger partial charge in [0.2, 0.25) is 0 Å². The molecule has 3 heteroatoms. The molecule has 13 heavy (non-hydrogen) atoms. The molecular formula is C10H18N2O. The molecule has 0 aromatic heterocycles. The van der Waals surface area contributed by atoms with Crippen molar-refractivity contribution in [3.8, 4) is 0 Å². The number of carbonyl (C=O) groups is 1. The molecular weight excluding hydrogens is 164 g/mol. The predicted molar refractivity (Wildman–Crippen MR) is 51.6 cm³/mol. The van der Waals surface area contributed by atoms with Crippen LogP contribution in [0.4, 0.5) is 0 Å². The second-order valence-corrected chi connectivity index (χ2v) is 4.26. The molecule has 0 aromatic rings. The predicted octanol–water partition coefficient (Wildman–Crippen LogP) is 0.259. The number of rotatable bonds is 3. The molecule has 1 saturated heterocycles. The maximum absolute atomic E-state index is 11.6. The number of piperazine rings is 1. The Morgan fingerprint density at radius 1 is 1.54 bits per heavy atom. The van der Waals surface area contributed by atoms with E-state index in [1.54, 1.807) is 0 Å². The minimum absolute atomic E-state index is 0.419. The van der Waals surface area contributed by atoms with Crippen LogP contribution in [0.1, 0.15) is 19.8 Å². The molecule has 0 radical (unpaired) electrons. The van der Waals surface area contributed by atoms with E-state index in [0.29, 0.717) is 24.3 Å². The van der Waals surface area contributed by atoms with Crippen LogP contribution in [0, 0.1) is 5.92 Å². The SMILES string of the molecule is C[C@@H]1CNCCN1CC(=O)C1CC1. The maximum Gasteiger partial charge on any atom is 0.149 e. The summed E-state index contributed by atoms with van der Waals surface area (Å²) in [5, 5.41) is 3.33. The van der Waals surface area contributed by atoms with E-state index >= 15 is 0 Å². The number of hydrogen-bond acceptors (Lipinski definition) is 3. The van der Waals surface area contributed by atoms with Crippen molar-refractivity contribution in [1.29, 1.82) is 0 Å². The average Bonchev–Trinajstić information content (AvgIpc) is 2.91. The molecule has 3 nitrogen and oxygen atoms in total. The van der Waals surface area contributed by atoms with E-state index < -0.39 is 0 Å².